The zero-order valence-electron chi connectivity index (χ0n) is 10.6. The van der Waals surface area contributed by atoms with Crippen LogP contribution in [0.15, 0.2) is 0 Å². The van der Waals surface area contributed by atoms with Gasteiger partial charge in [-0.3, -0.25) is 4.79 Å². The van der Waals surface area contributed by atoms with Crippen LogP contribution in [0.2, 0.25) is 0 Å². The van der Waals surface area contributed by atoms with E-state index in [1.807, 2.05) is 7.05 Å². The van der Waals surface area contributed by atoms with Gasteiger partial charge in [-0.15, -0.1) is 0 Å². The van der Waals surface area contributed by atoms with Crippen molar-refractivity contribution in [3.05, 3.63) is 0 Å². The number of carbonyl (C=O) groups excluding carboxylic acids is 1. The first-order chi connectivity index (χ1) is 7.67. The van der Waals surface area contributed by atoms with Crippen LogP contribution >= 0.6 is 0 Å². The molecule has 0 aliphatic heterocycles. The Labute approximate surface area is 98.8 Å². The molecule has 0 rings (SSSR count). The van der Waals surface area contributed by atoms with Gasteiger partial charge in [-0.25, -0.2) is 0 Å². The van der Waals surface area contributed by atoms with Gasteiger partial charge in [0.25, 0.3) is 0 Å². The third-order valence-electron chi connectivity index (χ3n) is 2.80. The fourth-order valence-corrected chi connectivity index (χ4v) is 1.75. The predicted molar refractivity (Wildman–Crippen MR) is 66.0 cm³/mol. The van der Waals surface area contributed by atoms with Gasteiger partial charge in [-0.1, -0.05) is 13.3 Å². The van der Waals surface area contributed by atoms with Crippen LogP contribution in [0.4, 0.5) is 0 Å². The Kier molecular flexibility index (Phi) is 9.24. The molecule has 4 nitrogen and oxygen atoms in total. The predicted octanol–water partition coefficient (Wildman–Crippen LogP) is 0.982. The van der Waals surface area contributed by atoms with Crippen LogP contribution in [-0.2, 0) is 4.79 Å². The fraction of sp³-hybridized carbons (Fsp3) is 0.917. The van der Waals surface area contributed by atoms with E-state index in [1.54, 1.807) is 4.90 Å². The Balaban J connectivity index is 3.86. The van der Waals surface area contributed by atoms with E-state index in [-0.39, 0.29) is 18.4 Å². The number of amides is 1. The molecule has 0 saturated heterocycles. The van der Waals surface area contributed by atoms with Crippen LogP contribution < -0.4 is 5.73 Å². The molecule has 0 radical (unpaired) electrons. The maximum absolute atomic E-state index is 11.9. The first kappa shape index (κ1) is 15.4. The molecule has 1 unspecified atom stereocenters. The van der Waals surface area contributed by atoms with Crippen LogP contribution in [0.5, 0.6) is 0 Å². The molecule has 0 aromatic heterocycles. The summed E-state index contributed by atoms with van der Waals surface area (Å²) in [5.74, 6) is 0.140. The molecular formula is C12H26N2O2. The standard InChI is InChI=1S/C12H26N2O2/c1-3-7-11(10-13)12(16)14(2)8-5-4-6-9-15/h11,15H,3-10,13H2,1-2H3. The summed E-state index contributed by atoms with van der Waals surface area (Å²) in [4.78, 5) is 13.7. The van der Waals surface area contributed by atoms with E-state index >= 15 is 0 Å². The van der Waals surface area contributed by atoms with Crippen LogP contribution in [0.3, 0.4) is 0 Å². The summed E-state index contributed by atoms with van der Waals surface area (Å²) in [7, 11) is 1.83. The SMILES string of the molecule is CCCC(CN)C(=O)N(C)CCCCCO. The van der Waals surface area contributed by atoms with Crippen LogP contribution in [-0.4, -0.2) is 42.7 Å². The van der Waals surface area contributed by atoms with Gasteiger partial charge in [0, 0.05) is 26.7 Å². The smallest absolute Gasteiger partial charge is 0.226 e. The lowest BCUT2D eigenvalue weighted by Gasteiger charge is -2.22. The highest BCUT2D eigenvalue weighted by molar-refractivity contribution is 5.78. The average molecular weight is 230 g/mol. The second kappa shape index (κ2) is 9.60. The van der Waals surface area contributed by atoms with E-state index in [0.717, 1.165) is 38.6 Å². The Morgan fingerprint density at radius 2 is 2.06 bits per heavy atom. The zero-order valence-corrected chi connectivity index (χ0v) is 10.6. The Bertz CT molecular complexity index is 186. The number of hydrogen-bond acceptors (Lipinski definition) is 3. The first-order valence-electron chi connectivity index (χ1n) is 6.23. The van der Waals surface area contributed by atoms with Gasteiger partial charge in [0.2, 0.25) is 5.91 Å². The number of unbranched alkanes of at least 4 members (excludes halogenated alkanes) is 2. The number of aliphatic hydroxyl groups is 1. The molecule has 96 valence electrons. The third kappa shape index (κ3) is 6.08. The molecule has 0 spiro atoms. The highest BCUT2D eigenvalue weighted by Gasteiger charge is 2.19. The second-order valence-corrected chi connectivity index (χ2v) is 4.27. The van der Waals surface area contributed by atoms with Gasteiger partial charge >= 0.3 is 0 Å². The summed E-state index contributed by atoms with van der Waals surface area (Å²) < 4.78 is 0. The molecule has 0 heterocycles. The minimum atomic E-state index is -0.0205. The zero-order chi connectivity index (χ0) is 12.4. The molecule has 1 atom stereocenters. The lowest BCUT2D eigenvalue weighted by Crippen LogP contribution is -2.37. The largest absolute Gasteiger partial charge is 0.396 e. The van der Waals surface area contributed by atoms with Crippen molar-refractivity contribution in [1.29, 1.82) is 0 Å². The van der Waals surface area contributed by atoms with Crippen molar-refractivity contribution in [3.63, 3.8) is 0 Å². The maximum atomic E-state index is 11.9. The number of nitrogens with two attached hydrogens (primary N) is 1. The lowest BCUT2D eigenvalue weighted by molar-refractivity contribution is -0.134. The molecule has 16 heavy (non-hydrogen) atoms. The molecule has 0 aliphatic rings. The molecule has 0 aromatic carbocycles. The topological polar surface area (TPSA) is 66.6 Å². The summed E-state index contributed by atoms with van der Waals surface area (Å²) in [6.45, 7) is 3.50. The number of aliphatic hydroxyl groups excluding tert-OH is 1. The van der Waals surface area contributed by atoms with E-state index in [1.165, 1.54) is 0 Å². The van der Waals surface area contributed by atoms with E-state index in [0.29, 0.717) is 6.54 Å². The fourth-order valence-electron chi connectivity index (χ4n) is 1.75. The van der Waals surface area contributed by atoms with Crippen molar-refractivity contribution >= 4 is 5.91 Å². The first-order valence-corrected chi connectivity index (χ1v) is 6.23. The normalized spacial score (nSPS) is 12.5. The maximum Gasteiger partial charge on any atom is 0.226 e. The van der Waals surface area contributed by atoms with Gasteiger partial charge in [0.1, 0.15) is 0 Å². The van der Waals surface area contributed by atoms with E-state index in [9.17, 15) is 4.79 Å². The lowest BCUT2D eigenvalue weighted by atomic mass is 10.0. The van der Waals surface area contributed by atoms with Crippen LogP contribution in [0.1, 0.15) is 39.0 Å². The molecule has 0 bridgehead atoms. The highest BCUT2D eigenvalue weighted by Crippen LogP contribution is 2.09. The second-order valence-electron chi connectivity index (χ2n) is 4.27. The van der Waals surface area contributed by atoms with Crippen molar-refractivity contribution in [2.24, 2.45) is 11.7 Å². The van der Waals surface area contributed by atoms with E-state index in [4.69, 9.17) is 10.8 Å². The van der Waals surface area contributed by atoms with Crippen molar-refractivity contribution in [2.45, 2.75) is 39.0 Å². The molecule has 0 saturated carbocycles. The van der Waals surface area contributed by atoms with Gasteiger partial charge in [0.05, 0.1) is 5.92 Å². The van der Waals surface area contributed by atoms with Crippen molar-refractivity contribution < 1.29 is 9.90 Å². The van der Waals surface area contributed by atoms with Gasteiger partial charge < -0.3 is 15.7 Å². The van der Waals surface area contributed by atoms with Gasteiger partial charge in [0.15, 0.2) is 0 Å². The molecule has 0 fully saturated rings. The number of hydrogen-bond donors (Lipinski definition) is 2. The summed E-state index contributed by atoms with van der Waals surface area (Å²) >= 11 is 0. The summed E-state index contributed by atoms with van der Waals surface area (Å²) in [5.41, 5.74) is 5.59. The minimum Gasteiger partial charge on any atom is -0.396 e. The Morgan fingerprint density at radius 3 is 2.56 bits per heavy atom. The molecule has 1 amide bonds. The number of rotatable bonds is 9. The summed E-state index contributed by atoms with van der Waals surface area (Å²) in [6.07, 6.45) is 4.60. The van der Waals surface area contributed by atoms with Gasteiger partial charge in [-0.2, -0.15) is 0 Å². The molecule has 3 N–H and O–H groups in total. The number of nitrogens with zero attached hydrogens (tertiary/aromatic N) is 1. The molecular weight excluding hydrogens is 204 g/mol. The Hall–Kier alpha value is -0.610. The van der Waals surface area contributed by atoms with Crippen molar-refractivity contribution in [3.8, 4) is 0 Å². The van der Waals surface area contributed by atoms with Gasteiger partial charge in [-0.05, 0) is 25.7 Å². The summed E-state index contributed by atoms with van der Waals surface area (Å²) in [6, 6.07) is 0. The van der Waals surface area contributed by atoms with E-state index in [2.05, 4.69) is 6.92 Å². The monoisotopic (exact) mass is 230 g/mol. The Morgan fingerprint density at radius 1 is 1.38 bits per heavy atom. The van der Waals surface area contributed by atoms with Crippen molar-refractivity contribution in [2.75, 3.05) is 26.7 Å². The molecule has 0 aromatic rings. The highest BCUT2D eigenvalue weighted by atomic mass is 16.2. The van der Waals surface area contributed by atoms with Crippen molar-refractivity contribution in [1.82, 2.24) is 4.90 Å². The quantitative estimate of drug-likeness (QED) is 0.580. The molecule has 0 aliphatic carbocycles. The van der Waals surface area contributed by atoms with E-state index < -0.39 is 0 Å². The number of carbonyl (C=O) groups is 1. The minimum absolute atomic E-state index is 0.0205. The van der Waals surface area contributed by atoms with Crippen LogP contribution in [0.25, 0.3) is 0 Å². The third-order valence-corrected chi connectivity index (χ3v) is 2.80. The van der Waals surface area contributed by atoms with Crippen LogP contribution in [0, 0.1) is 5.92 Å². The molecule has 4 heteroatoms. The average Bonchev–Trinajstić information content (AvgIpc) is 2.30. The summed E-state index contributed by atoms with van der Waals surface area (Å²) in [5, 5.41) is 8.64.